The Hall–Kier alpha value is -2.86. The van der Waals surface area contributed by atoms with Crippen LogP contribution in [0.1, 0.15) is 12.5 Å². The van der Waals surface area contributed by atoms with Crippen LogP contribution in [0.3, 0.4) is 0 Å². The van der Waals surface area contributed by atoms with E-state index in [1.165, 1.54) is 12.1 Å². The van der Waals surface area contributed by atoms with Crippen molar-refractivity contribution in [3.63, 3.8) is 0 Å². The number of hydrogen-bond donors (Lipinski definition) is 0. The third-order valence-corrected chi connectivity index (χ3v) is 4.29. The van der Waals surface area contributed by atoms with Crippen LogP contribution < -0.4 is 4.74 Å². The van der Waals surface area contributed by atoms with Crippen molar-refractivity contribution < 1.29 is 13.9 Å². The lowest BCUT2D eigenvalue weighted by atomic mass is 10.2. The van der Waals surface area contributed by atoms with Gasteiger partial charge in [0.2, 0.25) is 0 Å². The summed E-state index contributed by atoms with van der Waals surface area (Å²) in [5.74, 6) is -0.411. The monoisotopic (exact) mass is 387 g/mol. The maximum Gasteiger partial charge on any atom is 0.263 e. The van der Waals surface area contributed by atoms with E-state index in [0.29, 0.717) is 6.54 Å². The highest BCUT2D eigenvalue weighted by Crippen LogP contribution is 2.26. The number of carbonyl (C=O) groups excluding carboxylic acids is 1. The van der Waals surface area contributed by atoms with Gasteiger partial charge >= 0.3 is 0 Å². The topological polar surface area (TPSA) is 47.4 Å². The minimum Gasteiger partial charge on any atom is -0.479 e. The second-order valence-corrected chi connectivity index (χ2v) is 6.57. The van der Waals surface area contributed by atoms with Gasteiger partial charge in [-0.2, -0.15) is 5.10 Å². The highest BCUT2D eigenvalue weighted by molar-refractivity contribution is 6.32. The molecule has 1 atom stereocenters. The van der Waals surface area contributed by atoms with E-state index in [9.17, 15) is 9.18 Å². The maximum atomic E-state index is 13.1. The molecule has 0 spiro atoms. The van der Waals surface area contributed by atoms with Crippen molar-refractivity contribution in [2.45, 2.75) is 19.6 Å². The number of benzene rings is 2. The van der Waals surface area contributed by atoms with Crippen LogP contribution in [0.15, 0.2) is 60.9 Å². The lowest BCUT2D eigenvalue weighted by molar-refractivity contribution is -0.137. The van der Waals surface area contributed by atoms with E-state index in [2.05, 4.69) is 5.10 Å². The number of likely N-dealkylation sites (N-methyl/N-ethyl adjacent to an activating group) is 1. The van der Waals surface area contributed by atoms with Gasteiger partial charge in [-0.05, 0) is 37.3 Å². The molecule has 0 fully saturated rings. The van der Waals surface area contributed by atoms with Gasteiger partial charge < -0.3 is 9.64 Å². The molecular weight excluding hydrogens is 369 g/mol. The van der Waals surface area contributed by atoms with Crippen LogP contribution in [0.25, 0.3) is 5.69 Å². The summed E-state index contributed by atoms with van der Waals surface area (Å²) in [5.41, 5.74) is 1.84. The fourth-order valence-corrected chi connectivity index (χ4v) is 2.85. The number of ether oxygens (including phenoxy) is 1. The van der Waals surface area contributed by atoms with Gasteiger partial charge in [-0.3, -0.25) is 4.79 Å². The predicted molar refractivity (Wildman–Crippen MR) is 102 cm³/mol. The summed E-state index contributed by atoms with van der Waals surface area (Å²) in [6, 6.07) is 13.5. The molecule has 0 aliphatic rings. The number of hydrogen-bond acceptors (Lipinski definition) is 3. The molecule has 1 heterocycles. The van der Waals surface area contributed by atoms with Gasteiger partial charge in [0.25, 0.3) is 5.91 Å². The fraction of sp³-hybridized carbons (Fsp3) is 0.200. The van der Waals surface area contributed by atoms with Gasteiger partial charge in [0.1, 0.15) is 11.6 Å². The molecule has 0 aliphatic heterocycles. The first kappa shape index (κ1) is 18.9. The Kier molecular flexibility index (Phi) is 5.76. The van der Waals surface area contributed by atoms with Crippen LogP contribution in [0.5, 0.6) is 5.75 Å². The molecule has 2 aromatic carbocycles. The second kappa shape index (κ2) is 8.22. The van der Waals surface area contributed by atoms with Crippen molar-refractivity contribution in [2.24, 2.45) is 0 Å². The molecule has 1 aromatic heterocycles. The summed E-state index contributed by atoms with van der Waals surface area (Å²) in [5, 5.41) is 4.45. The number of nitrogens with zero attached hydrogens (tertiary/aromatic N) is 3. The normalized spacial score (nSPS) is 11.9. The zero-order valence-electron chi connectivity index (χ0n) is 15.0. The Bertz CT molecular complexity index is 930. The molecule has 0 aliphatic carbocycles. The number of para-hydroxylation sites is 1. The Morgan fingerprint density at radius 3 is 2.74 bits per heavy atom. The van der Waals surface area contributed by atoms with Crippen molar-refractivity contribution >= 4 is 17.5 Å². The first-order valence-corrected chi connectivity index (χ1v) is 8.77. The highest BCUT2D eigenvalue weighted by Gasteiger charge is 2.21. The van der Waals surface area contributed by atoms with Gasteiger partial charge in [-0.15, -0.1) is 0 Å². The molecule has 5 nitrogen and oxygen atoms in total. The van der Waals surface area contributed by atoms with Crippen LogP contribution in [-0.2, 0) is 11.3 Å². The summed E-state index contributed by atoms with van der Waals surface area (Å²) in [4.78, 5) is 14.1. The molecule has 0 N–H and O–H groups in total. The second-order valence-electron chi connectivity index (χ2n) is 6.16. The molecule has 3 aromatic rings. The largest absolute Gasteiger partial charge is 0.479 e. The van der Waals surface area contributed by atoms with E-state index in [-0.39, 0.29) is 16.7 Å². The average Bonchev–Trinajstić information content (AvgIpc) is 3.12. The van der Waals surface area contributed by atoms with Gasteiger partial charge in [-0.1, -0.05) is 29.8 Å². The SMILES string of the molecule is CC(Oc1ccc(F)cc1Cl)C(=O)N(C)Cc1cnn(-c2ccccc2)c1. The quantitative estimate of drug-likeness (QED) is 0.640. The summed E-state index contributed by atoms with van der Waals surface area (Å²) >= 11 is 5.95. The minimum atomic E-state index is -0.762. The van der Waals surface area contributed by atoms with E-state index >= 15 is 0 Å². The summed E-state index contributed by atoms with van der Waals surface area (Å²) in [7, 11) is 1.69. The average molecular weight is 388 g/mol. The predicted octanol–water partition coefficient (Wildman–Crippen LogP) is 4.09. The van der Waals surface area contributed by atoms with E-state index in [1.54, 1.807) is 29.7 Å². The van der Waals surface area contributed by atoms with Crippen LogP contribution in [0, 0.1) is 5.82 Å². The van der Waals surface area contributed by atoms with Crippen LogP contribution in [0.2, 0.25) is 5.02 Å². The first-order valence-electron chi connectivity index (χ1n) is 8.39. The molecule has 1 amide bonds. The number of halogens is 2. The van der Waals surface area contributed by atoms with Gasteiger partial charge in [-0.25, -0.2) is 9.07 Å². The smallest absolute Gasteiger partial charge is 0.263 e. The third kappa shape index (κ3) is 4.65. The fourth-order valence-electron chi connectivity index (χ4n) is 2.64. The third-order valence-electron chi connectivity index (χ3n) is 4.00. The van der Waals surface area contributed by atoms with Gasteiger partial charge in [0, 0.05) is 25.4 Å². The van der Waals surface area contributed by atoms with E-state index < -0.39 is 11.9 Å². The number of amides is 1. The number of rotatable bonds is 6. The van der Waals surface area contributed by atoms with Gasteiger partial charge in [0.15, 0.2) is 6.10 Å². The standard InChI is InChI=1S/C20H19ClFN3O2/c1-14(27-19-9-8-16(22)10-18(19)21)20(26)24(2)12-15-11-23-25(13-15)17-6-4-3-5-7-17/h3-11,13-14H,12H2,1-2H3. The number of carbonyl (C=O) groups is 1. The molecule has 0 saturated heterocycles. The first-order chi connectivity index (χ1) is 12.9. The van der Waals surface area contributed by atoms with E-state index in [0.717, 1.165) is 17.3 Å². The molecule has 0 bridgehead atoms. The molecular formula is C20H19ClFN3O2. The van der Waals surface area contributed by atoms with Crippen molar-refractivity contribution in [1.29, 1.82) is 0 Å². The molecule has 1 unspecified atom stereocenters. The highest BCUT2D eigenvalue weighted by atomic mass is 35.5. The molecule has 0 saturated carbocycles. The van der Waals surface area contributed by atoms with Crippen molar-refractivity contribution in [3.8, 4) is 11.4 Å². The molecule has 3 rings (SSSR count). The van der Waals surface area contributed by atoms with Crippen molar-refractivity contribution in [2.75, 3.05) is 7.05 Å². The van der Waals surface area contributed by atoms with Crippen molar-refractivity contribution in [3.05, 3.63) is 77.3 Å². The van der Waals surface area contributed by atoms with Crippen LogP contribution in [0.4, 0.5) is 4.39 Å². The summed E-state index contributed by atoms with van der Waals surface area (Å²) in [6.45, 7) is 2.02. The Labute approximate surface area is 161 Å². The molecule has 0 radical (unpaired) electrons. The van der Waals surface area contributed by atoms with E-state index in [4.69, 9.17) is 16.3 Å². The maximum absolute atomic E-state index is 13.1. The Morgan fingerprint density at radius 2 is 2.04 bits per heavy atom. The van der Waals surface area contributed by atoms with Crippen LogP contribution >= 0.6 is 11.6 Å². The molecule has 7 heteroatoms. The summed E-state index contributed by atoms with van der Waals surface area (Å²) in [6.07, 6.45) is 2.84. The van der Waals surface area contributed by atoms with E-state index in [1.807, 2.05) is 36.5 Å². The minimum absolute atomic E-state index is 0.126. The lowest BCUT2D eigenvalue weighted by Crippen LogP contribution is -2.37. The number of aromatic nitrogens is 2. The Balaban J connectivity index is 1.62. The molecule has 27 heavy (non-hydrogen) atoms. The van der Waals surface area contributed by atoms with Crippen LogP contribution in [-0.4, -0.2) is 33.7 Å². The van der Waals surface area contributed by atoms with Crippen molar-refractivity contribution in [1.82, 2.24) is 14.7 Å². The Morgan fingerprint density at radius 1 is 1.30 bits per heavy atom. The zero-order chi connectivity index (χ0) is 19.4. The van der Waals surface area contributed by atoms with Gasteiger partial charge in [0.05, 0.1) is 16.9 Å². The summed E-state index contributed by atoms with van der Waals surface area (Å²) < 4.78 is 20.5. The molecule has 140 valence electrons. The zero-order valence-corrected chi connectivity index (χ0v) is 15.7. The lowest BCUT2D eigenvalue weighted by Gasteiger charge is -2.22.